The summed E-state index contributed by atoms with van der Waals surface area (Å²) in [6.45, 7) is 2.27. The van der Waals surface area contributed by atoms with Crippen molar-refractivity contribution in [3.8, 4) is 5.75 Å². The Balaban J connectivity index is 2.09. The highest BCUT2D eigenvalue weighted by atomic mass is 19.2. The van der Waals surface area contributed by atoms with Gasteiger partial charge in [-0.25, -0.2) is 8.78 Å². The summed E-state index contributed by atoms with van der Waals surface area (Å²) in [7, 11) is 1.58. The van der Waals surface area contributed by atoms with Gasteiger partial charge in [0.1, 0.15) is 5.75 Å². The maximum Gasteiger partial charge on any atom is 0.160 e. The van der Waals surface area contributed by atoms with Gasteiger partial charge >= 0.3 is 0 Å². The van der Waals surface area contributed by atoms with Crippen molar-refractivity contribution >= 4 is 5.69 Å². The van der Waals surface area contributed by atoms with Crippen LogP contribution in [0.25, 0.3) is 0 Å². The third-order valence-corrected chi connectivity index (χ3v) is 2.61. The summed E-state index contributed by atoms with van der Waals surface area (Å²) in [6, 6.07) is 7.29. The number of nitrogens with zero attached hydrogens (tertiary/aromatic N) is 1. The lowest BCUT2D eigenvalue weighted by Gasteiger charge is -2.09. The van der Waals surface area contributed by atoms with Crippen LogP contribution in [0.4, 0.5) is 14.5 Å². The van der Waals surface area contributed by atoms with Crippen LogP contribution in [0.3, 0.4) is 0 Å². The molecule has 100 valence electrons. The molecular formula is C14H14F2N2O. The Hall–Kier alpha value is -2.17. The van der Waals surface area contributed by atoms with Crippen molar-refractivity contribution in [1.82, 2.24) is 4.98 Å². The highest BCUT2D eigenvalue weighted by Gasteiger charge is 2.04. The number of halogens is 2. The lowest BCUT2D eigenvalue weighted by atomic mass is 10.2. The fourth-order valence-corrected chi connectivity index (χ4v) is 1.71. The monoisotopic (exact) mass is 264 g/mol. The maximum absolute atomic E-state index is 13.0. The minimum atomic E-state index is -0.875. The van der Waals surface area contributed by atoms with Crippen LogP contribution >= 0.6 is 0 Å². The Kier molecular flexibility index (Phi) is 3.94. The highest BCUT2D eigenvalue weighted by Crippen LogP contribution is 2.16. The summed E-state index contributed by atoms with van der Waals surface area (Å²) in [5.41, 5.74) is 2.10. The summed E-state index contributed by atoms with van der Waals surface area (Å²) < 4.78 is 31.0. The van der Waals surface area contributed by atoms with Crippen molar-refractivity contribution < 1.29 is 13.5 Å². The van der Waals surface area contributed by atoms with E-state index in [1.165, 1.54) is 6.07 Å². The summed E-state index contributed by atoms with van der Waals surface area (Å²) >= 11 is 0. The van der Waals surface area contributed by atoms with Gasteiger partial charge in [-0.15, -0.1) is 0 Å². The standard InChI is InChI=1S/C14H14F2N2O/c1-9-5-12(19-2)6-11(18-9)8-17-10-3-4-13(15)14(16)7-10/h3-7,17H,8H2,1-2H3. The summed E-state index contributed by atoms with van der Waals surface area (Å²) in [4.78, 5) is 4.33. The number of ether oxygens (including phenoxy) is 1. The van der Waals surface area contributed by atoms with Crippen molar-refractivity contribution in [3.05, 3.63) is 53.4 Å². The molecule has 0 bridgehead atoms. The largest absolute Gasteiger partial charge is 0.497 e. The number of benzene rings is 1. The molecule has 0 saturated carbocycles. The first kappa shape index (κ1) is 13.3. The Labute approximate surface area is 110 Å². The molecule has 1 aromatic carbocycles. The molecule has 0 unspecified atom stereocenters. The number of hydrogen-bond donors (Lipinski definition) is 1. The number of hydrogen-bond acceptors (Lipinski definition) is 3. The zero-order valence-electron chi connectivity index (χ0n) is 10.7. The van der Waals surface area contributed by atoms with Gasteiger partial charge in [0.2, 0.25) is 0 Å². The molecule has 0 atom stereocenters. The Morgan fingerprint density at radius 1 is 1.16 bits per heavy atom. The summed E-state index contributed by atoms with van der Waals surface area (Å²) in [5, 5.41) is 2.98. The van der Waals surface area contributed by atoms with Crippen LogP contribution in [-0.4, -0.2) is 12.1 Å². The topological polar surface area (TPSA) is 34.1 Å². The highest BCUT2D eigenvalue weighted by molar-refractivity contribution is 5.44. The van der Waals surface area contributed by atoms with Crippen molar-refractivity contribution in [2.45, 2.75) is 13.5 Å². The second-order valence-corrected chi connectivity index (χ2v) is 4.12. The van der Waals surface area contributed by atoms with E-state index in [0.717, 1.165) is 29.3 Å². The van der Waals surface area contributed by atoms with Gasteiger partial charge in [0.25, 0.3) is 0 Å². The van der Waals surface area contributed by atoms with Crippen molar-refractivity contribution in [2.75, 3.05) is 12.4 Å². The van der Waals surface area contributed by atoms with Crippen LogP contribution in [0, 0.1) is 18.6 Å². The molecule has 0 saturated heterocycles. The zero-order chi connectivity index (χ0) is 13.8. The summed E-state index contributed by atoms with van der Waals surface area (Å²) in [5.74, 6) is -1.02. The summed E-state index contributed by atoms with van der Waals surface area (Å²) in [6.07, 6.45) is 0. The van der Waals surface area contributed by atoms with E-state index in [2.05, 4.69) is 10.3 Å². The lowest BCUT2D eigenvalue weighted by molar-refractivity contribution is 0.413. The number of methoxy groups -OCH3 is 1. The van der Waals surface area contributed by atoms with E-state index in [4.69, 9.17) is 4.74 Å². The molecule has 0 aliphatic rings. The molecule has 0 aliphatic heterocycles. The van der Waals surface area contributed by atoms with Gasteiger partial charge in [0, 0.05) is 29.6 Å². The molecule has 1 N–H and O–H groups in total. The first-order valence-corrected chi connectivity index (χ1v) is 5.79. The average molecular weight is 264 g/mol. The number of anilines is 1. The van der Waals surface area contributed by atoms with E-state index in [-0.39, 0.29) is 0 Å². The predicted octanol–water partition coefficient (Wildman–Crippen LogP) is 3.29. The van der Waals surface area contributed by atoms with E-state index in [1.807, 2.05) is 13.0 Å². The molecule has 0 radical (unpaired) electrons. The quantitative estimate of drug-likeness (QED) is 0.920. The fraction of sp³-hybridized carbons (Fsp3) is 0.214. The Bertz CT molecular complexity index is 588. The molecule has 0 fully saturated rings. The van der Waals surface area contributed by atoms with Crippen LogP contribution in [0.1, 0.15) is 11.4 Å². The van der Waals surface area contributed by atoms with Gasteiger partial charge < -0.3 is 10.1 Å². The lowest BCUT2D eigenvalue weighted by Crippen LogP contribution is -2.03. The second-order valence-electron chi connectivity index (χ2n) is 4.12. The van der Waals surface area contributed by atoms with Crippen LogP contribution in [0.2, 0.25) is 0 Å². The average Bonchev–Trinajstić information content (AvgIpc) is 2.39. The fourth-order valence-electron chi connectivity index (χ4n) is 1.71. The molecule has 0 amide bonds. The third-order valence-electron chi connectivity index (χ3n) is 2.61. The van der Waals surface area contributed by atoms with Gasteiger partial charge in [-0.1, -0.05) is 0 Å². The normalized spacial score (nSPS) is 10.3. The minimum absolute atomic E-state index is 0.406. The van der Waals surface area contributed by atoms with E-state index in [0.29, 0.717) is 12.2 Å². The number of nitrogens with one attached hydrogen (secondary N) is 1. The first-order valence-electron chi connectivity index (χ1n) is 5.79. The van der Waals surface area contributed by atoms with E-state index in [1.54, 1.807) is 13.2 Å². The smallest absolute Gasteiger partial charge is 0.160 e. The molecule has 19 heavy (non-hydrogen) atoms. The SMILES string of the molecule is COc1cc(C)nc(CNc2ccc(F)c(F)c2)c1. The number of aromatic nitrogens is 1. The van der Waals surface area contributed by atoms with Crippen molar-refractivity contribution in [2.24, 2.45) is 0 Å². The maximum atomic E-state index is 13.0. The molecule has 0 spiro atoms. The van der Waals surface area contributed by atoms with Crippen molar-refractivity contribution in [1.29, 1.82) is 0 Å². The number of pyridine rings is 1. The molecule has 5 heteroatoms. The molecule has 2 aromatic rings. The van der Waals surface area contributed by atoms with Crippen LogP contribution in [-0.2, 0) is 6.54 Å². The number of rotatable bonds is 4. The second kappa shape index (κ2) is 5.65. The Morgan fingerprint density at radius 3 is 2.63 bits per heavy atom. The molecule has 0 aliphatic carbocycles. The minimum Gasteiger partial charge on any atom is -0.497 e. The molecule has 1 heterocycles. The van der Waals surface area contributed by atoms with Gasteiger partial charge in [0.05, 0.1) is 19.3 Å². The first-order chi connectivity index (χ1) is 9.08. The van der Waals surface area contributed by atoms with Gasteiger partial charge in [0.15, 0.2) is 11.6 Å². The molecule has 1 aromatic heterocycles. The van der Waals surface area contributed by atoms with Crippen molar-refractivity contribution in [3.63, 3.8) is 0 Å². The molecule has 3 nitrogen and oxygen atoms in total. The predicted molar refractivity (Wildman–Crippen MR) is 69.2 cm³/mol. The van der Waals surface area contributed by atoms with Crippen LogP contribution < -0.4 is 10.1 Å². The Morgan fingerprint density at radius 2 is 1.95 bits per heavy atom. The van der Waals surface area contributed by atoms with Crippen LogP contribution in [0.15, 0.2) is 30.3 Å². The third kappa shape index (κ3) is 3.40. The van der Waals surface area contributed by atoms with E-state index in [9.17, 15) is 8.78 Å². The number of aryl methyl sites for hydroxylation is 1. The zero-order valence-corrected chi connectivity index (χ0v) is 10.7. The van der Waals surface area contributed by atoms with Gasteiger partial charge in [-0.05, 0) is 19.1 Å². The molecule has 2 rings (SSSR count). The van der Waals surface area contributed by atoms with Gasteiger partial charge in [-0.2, -0.15) is 0 Å². The van der Waals surface area contributed by atoms with E-state index < -0.39 is 11.6 Å². The van der Waals surface area contributed by atoms with E-state index >= 15 is 0 Å². The van der Waals surface area contributed by atoms with Crippen LogP contribution in [0.5, 0.6) is 5.75 Å². The molecular weight excluding hydrogens is 250 g/mol. The van der Waals surface area contributed by atoms with Gasteiger partial charge in [-0.3, -0.25) is 4.98 Å².